The molecule has 0 heterocycles. The standard InChI is InChI=1S/C21H17NO6S/c23-17-5-2-6-19(12-17)29(27,28)22-16-4-1-3-15(11-16)20(25)10-8-14-7-9-18(24)13-21(14)26/h1-13,22-24,26H. The Labute approximate surface area is 167 Å². The number of anilines is 1. The number of hydrogen-bond acceptors (Lipinski definition) is 6. The molecule has 0 bridgehead atoms. The molecule has 0 unspecified atom stereocenters. The lowest BCUT2D eigenvalue weighted by Crippen LogP contribution is -2.13. The Hall–Kier alpha value is -3.78. The van der Waals surface area contributed by atoms with Crippen molar-refractivity contribution in [2.75, 3.05) is 4.72 Å². The van der Waals surface area contributed by atoms with Crippen LogP contribution in [0, 0.1) is 0 Å². The normalized spacial score (nSPS) is 11.4. The first kappa shape index (κ1) is 20.0. The average molecular weight is 411 g/mol. The molecule has 148 valence electrons. The van der Waals surface area contributed by atoms with Crippen LogP contribution in [0.4, 0.5) is 5.69 Å². The maximum Gasteiger partial charge on any atom is 0.262 e. The summed E-state index contributed by atoms with van der Waals surface area (Å²) in [5, 5.41) is 28.5. The van der Waals surface area contributed by atoms with E-state index in [9.17, 15) is 28.5 Å². The van der Waals surface area contributed by atoms with E-state index >= 15 is 0 Å². The number of allylic oxidation sites excluding steroid dienone is 1. The number of nitrogens with one attached hydrogen (secondary N) is 1. The van der Waals surface area contributed by atoms with E-state index in [1.165, 1.54) is 66.7 Å². The van der Waals surface area contributed by atoms with Gasteiger partial charge in [-0.15, -0.1) is 0 Å². The van der Waals surface area contributed by atoms with Crippen LogP contribution in [0.5, 0.6) is 17.2 Å². The Balaban J connectivity index is 1.80. The Morgan fingerprint density at radius 2 is 1.59 bits per heavy atom. The molecular weight excluding hydrogens is 394 g/mol. The Kier molecular flexibility index (Phi) is 5.56. The molecule has 4 N–H and O–H groups in total. The van der Waals surface area contributed by atoms with Crippen LogP contribution < -0.4 is 4.72 Å². The lowest BCUT2D eigenvalue weighted by molar-refractivity contribution is 0.104. The zero-order chi connectivity index (χ0) is 21.0. The number of carbonyl (C=O) groups is 1. The van der Waals surface area contributed by atoms with Crippen LogP contribution in [0.3, 0.4) is 0 Å². The highest BCUT2D eigenvalue weighted by atomic mass is 32.2. The highest BCUT2D eigenvalue weighted by molar-refractivity contribution is 7.92. The van der Waals surface area contributed by atoms with E-state index in [4.69, 9.17) is 0 Å². The van der Waals surface area contributed by atoms with Gasteiger partial charge in [-0.2, -0.15) is 0 Å². The molecule has 0 saturated heterocycles. The van der Waals surface area contributed by atoms with Gasteiger partial charge in [-0.1, -0.05) is 18.2 Å². The summed E-state index contributed by atoms with van der Waals surface area (Å²) in [6.45, 7) is 0. The summed E-state index contributed by atoms with van der Waals surface area (Å²) in [4.78, 5) is 12.3. The van der Waals surface area contributed by atoms with Crippen molar-refractivity contribution in [3.05, 3.63) is 83.9 Å². The number of benzene rings is 3. The molecular formula is C21H17NO6S. The van der Waals surface area contributed by atoms with Crippen LogP contribution in [-0.2, 0) is 10.0 Å². The van der Waals surface area contributed by atoms with Crippen molar-refractivity contribution >= 4 is 27.6 Å². The minimum atomic E-state index is -3.94. The fourth-order valence-electron chi connectivity index (χ4n) is 2.54. The van der Waals surface area contributed by atoms with E-state index < -0.39 is 15.8 Å². The van der Waals surface area contributed by atoms with Crippen LogP contribution in [0.15, 0.2) is 77.7 Å². The molecule has 0 amide bonds. The minimum absolute atomic E-state index is 0.0994. The monoisotopic (exact) mass is 411 g/mol. The highest BCUT2D eigenvalue weighted by Crippen LogP contribution is 2.24. The second kappa shape index (κ2) is 8.07. The first-order valence-electron chi connectivity index (χ1n) is 8.41. The molecule has 0 saturated carbocycles. The highest BCUT2D eigenvalue weighted by Gasteiger charge is 2.15. The van der Waals surface area contributed by atoms with Gasteiger partial charge in [-0.25, -0.2) is 8.42 Å². The molecule has 0 radical (unpaired) electrons. The summed E-state index contributed by atoms with van der Waals surface area (Å²) >= 11 is 0. The van der Waals surface area contributed by atoms with Crippen molar-refractivity contribution in [2.45, 2.75) is 4.90 Å². The summed E-state index contributed by atoms with van der Waals surface area (Å²) in [7, 11) is -3.94. The first-order chi connectivity index (χ1) is 13.7. The minimum Gasteiger partial charge on any atom is -0.508 e. The van der Waals surface area contributed by atoms with Crippen LogP contribution in [0.25, 0.3) is 6.08 Å². The number of carbonyl (C=O) groups excluding carboxylic acids is 1. The maximum absolute atomic E-state index is 12.4. The number of phenolic OH excluding ortho intramolecular Hbond substituents is 3. The fourth-order valence-corrected chi connectivity index (χ4v) is 3.62. The quantitative estimate of drug-likeness (QED) is 0.364. The summed E-state index contributed by atoms with van der Waals surface area (Å²) in [5.74, 6) is -0.866. The van der Waals surface area contributed by atoms with E-state index in [0.29, 0.717) is 5.56 Å². The van der Waals surface area contributed by atoms with Crippen LogP contribution in [0.1, 0.15) is 15.9 Å². The number of ketones is 1. The van der Waals surface area contributed by atoms with E-state index in [2.05, 4.69) is 4.72 Å². The van der Waals surface area contributed by atoms with Gasteiger partial charge in [-0.3, -0.25) is 9.52 Å². The molecule has 0 aliphatic rings. The van der Waals surface area contributed by atoms with Crippen molar-refractivity contribution in [1.82, 2.24) is 0 Å². The molecule has 0 spiro atoms. The zero-order valence-corrected chi connectivity index (χ0v) is 15.8. The van der Waals surface area contributed by atoms with Crippen molar-refractivity contribution in [2.24, 2.45) is 0 Å². The molecule has 0 fully saturated rings. The molecule has 8 heteroatoms. The second-order valence-electron chi connectivity index (χ2n) is 6.12. The SMILES string of the molecule is O=C(C=Cc1ccc(O)cc1O)c1cccc(NS(=O)(=O)c2cccc(O)c2)c1. The van der Waals surface area contributed by atoms with Crippen LogP contribution >= 0.6 is 0 Å². The first-order valence-corrected chi connectivity index (χ1v) is 9.89. The number of hydrogen-bond donors (Lipinski definition) is 4. The van der Waals surface area contributed by atoms with Gasteiger partial charge in [0.2, 0.25) is 0 Å². The molecule has 29 heavy (non-hydrogen) atoms. The van der Waals surface area contributed by atoms with Gasteiger partial charge in [-0.05, 0) is 48.6 Å². The fraction of sp³-hybridized carbons (Fsp3) is 0. The van der Waals surface area contributed by atoms with Crippen molar-refractivity contribution in [3.63, 3.8) is 0 Å². The molecule has 0 atom stereocenters. The zero-order valence-electron chi connectivity index (χ0n) is 15.0. The molecule has 0 aliphatic carbocycles. The van der Waals surface area contributed by atoms with E-state index in [0.717, 1.165) is 12.1 Å². The Morgan fingerprint density at radius 3 is 2.31 bits per heavy atom. The molecule has 3 aromatic rings. The van der Waals surface area contributed by atoms with Gasteiger partial charge in [0.15, 0.2) is 5.78 Å². The van der Waals surface area contributed by atoms with Crippen LogP contribution in [-0.4, -0.2) is 29.5 Å². The third kappa shape index (κ3) is 4.94. The molecule has 0 aliphatic heterocycles. The second-order valence-corrected chi connectivity index (χ2v) is 7.81. The predicted molar refractivity (Wildman–Crippen MR) is 108 cm³/mol. The Morgan fingerprint density at radius 1 is 0.862 bits per heavy atom. The largest absolute Gasteiger partial charge is 0.508 e. The van der Waals surface area contributed by atoms with Gasteiger partial charge in [0, 0.05) is 28.9 Å². The van der Waals surface area contributed by atoms with Crippen molar-refractivity contribution < 1.29 is 28.5 Å². The van der Waals surface area contributed by atoms with E-state index in [1.807, 2.05) is 0 Å². The van der Waals surface area contributed by atoms with Gasteiger partial charge in [0.25, 0.3) is 10.0 Å². The smallest absolute Gasteiger partial charge is 0.262 e. The Bertz CT molecular complexity index is 1200. The summed E-state index contributed by atoms with van der Waals surface area (Å²) in [5.41, 5.74) is 0.757. The van der Waals surface area contributed by atoms with E-state index in [1.54, 1.807) is 0 Å². The van der Waals surface area contributed by atoms with E-state index in [-0.39, 0.29) is 33.4 Å². The van der Waals surface area contributed by atoms with Crippen molar-refractivity contribution in [3.8, 4) is 17.2 Å². The number of phenols is 3. The van der Waals surface area contributed by atoms with Gasteiger partial charge in [0.05, 0.1) is 4.90 Å². The van der Waals surface area contributed by atoms with Crippen LogP contribution in [0.2, 0.25) is 0 Å². The maximum atomic E-state index is 12.4. The van der Waals surface area contributed by atoms with Crippen molar-refractivity contribution in [1.29, 1.82) is 0 Å². The summed E-state index contributed by atoms with van der Waals surface area (Å²) in [6, 6.07) is 15.1. The average Bonchev–Trinajstić information content (AvgIpc) is 2.67. The molecule has 3 rings (SSSR count). The lowest BCUT2D eigenvalue weighted by Gasteiger charge is -2.09. The predicted octanol–water partition coefficient (Wildman–Crippen LogP) is 3.50. The summed E-state index contributed by atoms with van der Waals surface area (Å²) in [6.07, 6.45) is 2.62. The third-order valence-electron chi connectivity index (χ3n) is 3.96. The lowest BCUT2D eigenvalue weighted by atomic mass is 10.1. The topological polar surface area (TPSA) is 124 Å². The number of sulfonamides is 1. The van der Waals surface area contributed by atoms with Gasteiger partial charge < -0.3 is 15.3 Å². The molecule has 3 aromatic carbocycles. The number of rotatable bonds is 6. The molecule has 0 aromatic heterocycles. The van der Waals surface area contributed by atoms with Gasteiger partial charge in [0.1, 0.15) is 17.2 Å². The molecule has 7 nitrogen and oxygen atoms in total. The summed E-state index contributed by atoms with van der Waals surface area (Å²) < 4.78 is 27.2. The third-order valence-corrected chi connectivity index (χ3v) is 5.33. The number of aromatic hydroxyl groups is 3. The van der Waals surface area contributed by atoms with Gasteiger partial charge >= 0.3 is 0 Å².